The van der Waals surface area contributed by atoms with Crippen molar-refractivity contribution in [2.45, 2.75) is 38.1 Å². The highest BCUT2D eigenvalue weighted by Gasteiger charge is 2.76. The number of rotatable bonds is 4. The number of nitrogens with zero attached hydrogens (tertiary/aromatic N) is 4. The molecule has 4 atom stereocenters. The molecule has 0 radical (unpaired) electrons. The number of aromatic nitrogens is 3. The third-order valence-electron chi connectivity index (χ3n) is 7.05. The maximum Gasteiger partial charge on any atom is 0.417 e. The summed E-state index contributed by atoms with van der Waals surface area (Å²) in [5.41, 5.74) is 0.685. The molecule has 1 aliphatic heterocycles. The number of aryl methyl sites for hydroxylation is 1. The number of likely N-dealkylation sites (tertiary alicyclic amines) is 1. The molecule has 0 N–H and O–H groups in total. The Kier molecular flexibility index (Phi) is 4.15. The molecule has 1 spiro atoms. The molecule has 3 fully saturated rings. The number of carbonyl (C=O) groups is 1. The van der Waals surface area contributed by atoms with Crippen molar-refractivity contribution in [2.24, 2.45) is 11.3 Å². The van der Waals surface area contributed by atoms with E-state index in [0.717, 1.165) is 25.1 Å². The highest BCUT2D eigenvalue weighted by Crippen LogP contribution is 2.71. The lowest BCUT2D eigenvalue weighted by Crippen LogP contribution is -2.59. The van der Waals surface area contributed by atoms with E-state index in [0.29, 0.717) is 29.6 Å². The molecule has 7 nitrogen and oxygen atoms in total. The summed E-state index contributed by atoms with van der Waals surface area (Å²) >= 11 is 0. The minimum atomic E-state index is -4.46. The monoisotopic (exact) mass is 456 g/mol. The molecule has 4 unspecified atom stereocenters. The van der Waals surface area contributed by atoms with Gasteiger partial charge in [0.05, 0.1) is 23.4 Å². The van der Waals surface area contributed by atoms with Crippen LogP contribution in [0.1, 0.15) is 34.6 Å². The molecule has 3 aliphatic rings. The van der Waals surface area contributed by atoms with E-state index < -0.39 is 11.7 Å². The lowest BCUT2D eigenvalue weighted by Gasteiger charge is -2.46. The third-order valence-corrected chi connectivity index (χ3v) is 7.05. The lowest BCUT2D eigenvalue weighted by molar-refractivity contribution is -0.137. The summed E-state index contributed by atoms with van der Waals surface area (Å²) < 4.78 is 49.8. The van der Waals surface area contributed by atoms with Crippen molar-refractivity contribution in [3.63, 3.8) is 0 Å². The number of hydrogen-bond acceptors (Lipinski definition) is 6. The quantitative estimate of drug-likeness (QED) is 0.587. The van der Waals surface area contributed by atoms with Crippen LogP contribution in [-0.2, 0) is 6.18 Å². The van der Waals surface area contributed by atoms with Gasteiger partial charge in [0.25, 0.3) is 5.91 Å². The molecule has 2 saturated carbocycles. The van der Waals surface area contributed by atoms with Gasteiger partial charge in [-0.15, -0.1) is 0 Å². The number of ether oxygens (including phenoxy) is 1. The van der Waals surface area contributed by atoms with Gasteiger partial charge in [-0.2, -0.15) is 13.2 Å². The fraction of sp³-hybridized carbons (Fsp3) is 0.391. The van der Waals surface area contributed by atoms with Gasteiger partial charge in [0.1, 0.15) is 18.1 Å². The summed E-state index contributed by atoms with van der Waals surface area (Å²) in [4.78, 5) is 27.9. The van der Waals surface area contributed by atoms with Crippen molar-refractivity contribution < 1.29 is 27.1 Å². The van der Waals surface area contributed by atoms with Gasteiger partial charge in [0, 0.05) is 29.9 Å². The van der Waals surface area contributed by atoms with E-state index in [1.165, 1.54) is 18.5 Å². The second-order valence-corrected chi connectivity index (χ2v) is 8.97. The van der Waals surface area contributed by atoms with Gasteiger partial charge in [0.2, 0.25) is 11.8 Å². The molecule has 1 amide bonds. The van der Waals surface area contributed by atoms with Crippen LogP contribution in [0, 0.1) is 18.3 Å². The molecule has 1 saturated heterocycles. The fourth-order valence-electron chi connectivity index (χ4n) is 5.41. The molecule has 3 aromatic heterocycles. The first-order chi connectivity index (χ1) is 15.8. The highest BCUT2D eigenvalue weighted by atomic mass is 19.4. The van der Waals surface area contributed by atoms with Gasteiger partial charge < -0.3 is 14.1 Å². The highest BCUT2D eigenvalue weighted by molar-refractivity contribution is 5.98. The van der Waals surface area contributed by atoms with E-state index in [4.69, 9.17) is 9.15 Å². The molecule has 10 heteroatoms. The minimum absolute atomic E-state index is 0.0269. The summed E-state index contributed by atoms with van der Waals surface area (Å²) in [5.74, 6) is 0.618. The van der Waals surface area contributed by atoms with Crippen LogP contribution in [0.15, 0.2) is 47.3 Å². The van der Waals surface area contributed by atoms with E-state index >= 15 is 0 Å². The van der Waals surface area contributed by atoms with E-state index in [-0.39, 0.29) is 35.0 Å². The number of pyridine rings is 2. The zero-order valence-electron chi connectivity index (χ0n) is 17.5. The van der Waals surface area contributed by atoms with E-state index in [2.05, 4.69) is 15.0 Å². The van der Waals surface area contributed by atoms with Crippen molar-refractivity contribution in [1.29, 1.82) is 0 Å². The second-order valence-electron chi connectivity index (χ2n) is 8.97. The van der Waals surface area contributed by atoms with Gasteiger partial charge in [-0.3, -0.25) is 4.79 Å². The van der Waals surface area contributed by atoms with Crippen molar-refractivity contribution in [3.8, 4) is 17.3 Å². The summed E-state index contributed by atoms with van der Waals surface area (Å²) in [5, 5.41) is 0. The van der Waals surface area contributed by atoms with Gasteiger partial charge in [-0.1, -0.05) is 0 Å². The molecular weight excluding hydrogens is 437 g/mol. The first-order valence-electron chi connectivity index (χ1n) is 10.6. The average molecular weight is 456 g/mol. The Labute approximate surface area is 186 Å². The zero-order chi connectivity index (χ0) is 23.0. The second kappa shape index (κ2) is 6.79. The van der Waals surface area contributed by atoms with E-state index in [1.807, 2.05) is 6.92 Å². The Morgan fingerprint density at radius 2 is 2.06 bits per heavy atom. The minimum Gasteiger partial charge on any atom is -0.472 e. The fourth-order valence-corrected chi connectivity index (χ4v) is 5.41. The Balaban J connectivity index is 1.26. The Morgan fingerprint density at radius 3 is 2.76 bits per heavy atom. The predicted molar refractivity (Wildman–Crippen MR) is 108 cm³/mol. The van der Waals surface area contributed by atoms with Crippen molar-refractivity contribution >= 4 is 5.91 Å². The van der Waals surface area contributed by atoms with Crippen LogP contribution in [0.3, 0.4) is 0 Å². The first-order valence-corrected chi connectivity index (χ1v) is 10.6. The molecule has 4 heterocycles. The molecule has 0 bridgehead atoms. The van der Waals surface area contributed by atoms with Gasteiger partial charge in [0.15, 0.2) is 0 Å². The molecule has 0 aromatic carbocycles. The summed E-state index contributed by atoms with van der Waals surface area (Å²) in [6.45, 7) is 2.41. The van der Waals surface area contributed by atoms with Crippen LogP contribution in [-0.4, -0.2) is 44.4 Å². The third kappa shape index (κ3) is 3.11. The first kappa shape index (κ1) is 20.2. The number of carbonyl (C=O) groups excluding carboxylic acids is 1. The van der Waals surface area contributed by atoms with E-state index in [9.17, 15) is 18.0 Å². The Morgan fingerprint density at radius 1 is 1.21 bits per heavy atom. The SMILES string of the molecule is Cc1ccc(-c2ncco2)c(C(=O)N2CC3CC34CC(Oc3ccc(C(F)(F)F)cn3)C24)n1. The molecular formula is C23H19F3N4O3. The maximum atomic E-state index is 13.6. The van der Waals surface area contributed by atoms with Crippen molar-refractivity contribution in [2.75, 3.05) is 6.54 Å². The van der Waals surface area contributed by atoms with Gasteiger partial charge in [-0.25, -0.2) is 15.0 Å². The molecule has 170 valence electrons. The number of hydrogen-bond donors (Lipinski definition) is 0. The van der Waals surface area contributed by atoms with Crippen LogP contribution in [0.4, 0.5) is 13.2 Å². The molecule has 2 aliphatic carbocycles. The normalized spacial score (nSPS) is 27.5. The van der Waals surface area contributed by atoms with Crippen LogP contribution in [0.25, 0.3) is 11.5 Å². The smallest absolute Gasteiger partial charge is 0.417 e. The average Bonchev–Trinajstić information content (AvgIpc) is 3.14. The number of oxazole rings is 1. The number of amides is 1. The largest absolute Gasteiger partial charge is 0.472 e. The Bertz CT molecular complexity index is 1230. The van der Waals surface area contributed by atoms with Crippen LogP contribution in [0.2, 0.25) is 0 Å². The number of halogens is 3. The predicted octanol–water partition coefficient (Wildman–Crippen LogP) is 4.14. The molecule has 33 heavy (non-hydrogen) atoms. The van der Waals surface area contributed by atoms with Crippen molar-refractivity contribution in [1.82, 2.24) is 19.9 Å². The number of alkyl halides is 3. The summed E-state index contributed by atoms with van der Waals surface area (Å²) in [7, 11) is 0. The van der Waals surface area contributed by atoms with Crippen LogP contribution >= 0.6 is 0 Å². The molecule has 6 rings (SSSR count). The summed E-state index contributed by atoms with van der Waals surface area (Å²) in [6, 6.07) is 5.58. The zero-order valence-corrected chi connectivity index (χ0v) is 17.5. The van der Waals surface area contributed by atoms with Crippen LogP contribution in [0.5, 0.6) is 5.88 Å². The summed E-state index contributed by atoms with van der Waals surface area (Å²) in [6.07, 6.45) is 0.704. The van der Waals surface area contributed by atoms with Crippen LogP contribution < -0.4 is 4.74 Å². The van der Waals surface area contributed by atoms with E-state index in [1.54, 1.807) is 17.0 Å². The standard InChI is InChI=1S/C23H19F3N4O3/c1-12-2-4-15(20-27-6-7-32-20)18(29-12)21(31)30-11-14-8-22(14)9-16(19(22)30)33-17-5-3-13(10-28-17)23(24,25)26/h2-7,10,14,16,19H,8-9,11H2,1H3. The topological polar surface area (TPSA) is 81.4 Å². The maximum absolute atomic E-state index is 13.6. The molecule has 3 aromatic rings. The van der Waals surface area contributed by atoms with Crippen molar-refractivity contribution in [3.05, 3.63) is 59.9 Å². The van der Waals surface area contributed by atoms with Gasteiger partial charge >= 0.3 is 6.18 Å². The van der Waals surface area contributed by atoms with Gasteiger partial charge in [-0.05, 0) is 43.9 Å². The number of piperidine rings is 1. The Hall–Kier alpha value is -3.43. The lowest BCUT2D eigenvalue weighted by atomic mass is 9.73.